The number of aryl methyl sites for hydroxylation is 2. The first-order valence-electron chi connectivity index (χ1n) is 12.4. The second-order valence-corrected chi connectivity index (χ2v) is 9.07. The van der Waals surface area contributed by atoms with Crippen LogP contribution < -0.4 is 9.64 Å². The molecular formula is C30H30N2O4. The molecule has 0 aliphatic carbocycles. The molecule has 0 bridgehead atoms. The molecule has 6 nitrogen and oxygen atoms in total. The first-order chi connectivity index (χ1) is 17.6. The third kappa shape index (κ3) is 5.28. The quantitative estimate of drug-likeness (QED) is 0.322. The van der Waals surface area contributed by atoms with Crippen LogP contribution in [0.5, 0.6) is 5.75 Å². The molecule has 1 N–H and O–H groups in total. The minimum atomic E-state index is -0.780. The Kier molecular flexibility index (Phi) is 7.03. The molecule has 1 aliphatic heterocycles. The van der Waals surface area contributed by atoms with Gasteiger partial charge in [-0.1, -0.05) is 42.5 Å². The van der Waals surface area contributed by atoms with E-state index in [0.717, 1.165) is 47.8 Å². The van der Waals surface area contributed by atoms with Gasteiger partial charge in [0.05, 0.1) is 12.3 Å². The van der Waals surface area contributed by atoms with E-state index in [4.69, 9.17) is 9.15 Å². The van der Waals surface area contributed by atoms with Crippen molar-refractivity contribution in [1.29, 1.82) is 0 Å². The number of para-hydroxylation sites is 1. The minimum absolute atomic E-state index is 0.118. The van der Waals surface area contributed by atoms with Gasteiger partial charge in [-0.3, -0.25) is 4.79 Å². The van der Waals surface area contributed by atoms with Crippen LogP contribution in [0.15, 0.2) is 77.2 Å². The van der Waals surface area contributed by atoms with Gasteiger partial charge in [-0.05, 0) is 61.2 Å². The molecule has 36 heavy (non-hydrogen) atoms. The van der Waals surface area contributed by atoms with E-state index in [0.29, 0.717) is 25.3 Å². The van der Waals surface area contributed by atoms with Gasteiger partial charge in [-0.25, -0.2) is 4.98 Å². The van der Waals surface area contributed by atoms with Crippen molar-refractivity contribution in [2.45, 2.75) is 39.2 Å². The van der Waals surface area contributed by atoms with Crippen LogP contribution in [0.2, 0.25) is 0 Å². The molecule has 0 fully saturated rings. The fourth-order valence-corrected chi connectivity index (χ4v) is 4.80. The van der Waals surface area contributed by atoms with Crippen LogP contribution >= 0.6 is 0 Å². The zero-order valence-electron chi connectivity index (χ0n) is 20.4. The van der Waals surface area contributed by atoms with E-state index >= 15 is 0 Å². The van der Waals surface area contributed by atoms with Gasteiger partial charge < -0.3 is 19.2 Å². The molecule has 0 amide bonds. The maximum atomic E-state index is 11.2. The van der Waals surface area contributed by atoms with E-state index < -0.39 is 5.97 Å². The van der Waals surface area contributed by atoms with E-state index in [9.17, 15) is 9.90 Å². The smallest absolute Gasteiger partial charge is 0.303 e. The van der Waals surface area contributed by atoms with Crippen LogP contribution in [0.1, 0.15) is 34.6 Å². The van der Waals surface area contributed by atoms with Crippen molar-refractivity contribution in [3.8, 4) is 17.2 Å². The van der Waals surface area contributed by atoms with Gasteiger partial charge in [-0.2, -0.15) is 0 Å². The molecule has 0 atom stereocenters. The number of carbonyl (C=O) groups is 1. The van der Waals surface area contributed by atoms with E-state index in [1.54, 1.807) is 0 Å². The Bertz CT molecular complexity index is 1330. The number of ether oxygens (including phenoxy) is 1. The average molecular weight is 483 g/mol. The number of carboxylic acid groups (broad SMARTS) is 1. The van der Waals surface area contributed by atoms with Crippen LogP contribution in [-0.2, 0) is 30.6 Å². The molecule has 2 heterocycles. The number of hydrogen-bond acceptors (Lipinski definition) is 5. The van der Waals surface area contributed by atoms with E-state index in [2.05, 4.69) is 22.0 Å². The third-order valence-electron chi connectivity index (χ3n) is 6.71. The number of carboxylic acids is 1. The Labute approximate surface area is 211 Å². The highest BCUT2D eigenvalue weighted by Gasteiger charge is 2.23. The van der Waals surface area contributed by atoms with Gasteiger partial charge >= 0.3 is 5.97 Å². The number of hydrogen-bond donors (Lipinski definition) is 1. The lowest BCUT2D eigenvalue weighted by atomic mass is 9.91. The highest BCUT2D eigenvalue weighted by molar-refractivity contribution is 5.67. The van der Waals surface area contributed by atoms with Crippen molar-refractivity contribution in [2.24, 2.45) is 0 Å². The summed E-state index contributed by atoms with van der Waals surface area (Å²) in [5, 5.41) is 9.24. The Hall–Kier alpha value is -4.06. The SMILES string of the molecule is Cc1oc(-c2ccccc2)nc1CCOc1ccc(CCC(=O)O)c2c1CCN(c1ccccc1)C2. The Morgan fingerprint density at radius 2 is 1.75 bits per heavy atom. The summed E-state index contributed by atoms with van der Waals surface area (Å²) >= 11 is 0. The number of anilines is 1. The predicted octanol–water partition coefficient (Wildman–Crippen LogP) is 5.85. The summed E-state index contributed by atoms with van der Waals surface area (Å²) in [6, 6.07) is 24.3. The summed E-state index contributed by atoms with van der Waals surface area (Å²) < 4.78 is 12.2. The molecule has 0 unspecified atom stereocenters. The first kappa shape index (κ1) is 23.7. The van der Waals surface area contributed by atoms with Gasteiger partial charge in [0.2, 0.25) is 5.89 Å². The van der Waals surface area contributed by atoms with E-state index in [-0.39, 0.29) is 6.42 Å². The lowest BCUT2D eigenvalue weighted by molar-refractivity contribution is -0.136. The molecule has 4 aromatic rings. The van der Waals surface area contributed by atoms with Gasteiger partial charge in [-0.15, -0.1) is 0 Å². The molecule has 0 radical (unpaired) electrons. The maximum Gasteiger partial charge on any atom is 0.303 e. The molecule has 0 spiro atoms. The topological polar surface area (TPSA) is 75.8 Å². The zero-order chi connectivity index (χ0) is 24.9. The van der Waals surface area contributed by atoms with Crippen molar-refractivity contribution in [2.75, 3.05) is 18.1 Å². The number of rotatable bonds is 9. The predicted molar refractivity (Wildman–Crippen MR) is 139 cm³/mol. The molecule has 5 rings (SSSR count). The highest BCUT2D eigenvalue weighted by Crippen LogP contribution is 2.34. The zero-order valence-corrected chi connectivity index (χ0v) is 20.4. The molecular weight excluding hydrogens is 452 g/mol. The standard InChI is InChI=1S/C30H30N2O4/c1-21-27(31-30(36-21)23-8-4-2-5-9-23)17-19-35-28-14-12-22(13-15-29(33)34)26-20-32(18-16-25(26)28)24-10-6-3-7-11-24/h2-12,14H,13,15-20H2,1H3,(H,33,34). The Morgan fingerprint density at radius 3 is 2.50 bits per heavy atom. The Balaban J connectivity index is 1.32. The van der Waals surface area contributed by atoms with Gasteiger partial charge in [0.25, 0.3) is 0 Å². The van der Waals surface area contributed by atoms with Gasteiger partial charge in [0, 0.05) is 42.7 Å². The highest BCUT2D eigenvalue weighted by atomic mass is 16.5. The van der Waals surface area contributed by atoms with Gasteiger partial charge in [0.15, 0.2) is 0 Å². The molecule has 0 saturated heterocycles. The summed E-state index contributed by atoms with van der Waals surface area (Å²) in [6.07, 6.45) is 2.13. The fourth-order valence-electron chi connectivity index (χ4n) is 4.80. The lowest BCUT2D eigenvalue weighted by Gasteiger charge is -2.33. The largest absolute Gasteiger partial charge is 0.493 e. The van der Waals surface area contributed by atoms with Crippen molar-refractivity contribution in [3.05, 3.63) is 101 Å². The number of aromatic nitrogens is 1. The van der Waals surface area contributed by atoms with Crippen LogP contribution in [0, 0.1) is 6.92 Å². The number of fused-ring (bicyclic) bond motifs is 1. The summed E-state index contributed by atoms with van der Waals surface area (Å²) in [5.41, 5.74) is 6.49. The second kappa shape index (κ2) is 10.7. The van der Waals surface area contributed by atoms with E-state index in [1.807, 2.05) is 67.6 Å². The normalized spacial score (nSPS) is 12.9. The summed E-state index contributed by atoms with van der Waals surface area (Å²) in [4.78, 5) is 18.3. The number of oxazole rings is 1. The minimum Gasteiger partial charge on any atom is -0.493 e. The van der Waals surface area contributed by atoms with Crippen LogP contribution in [-0.4, -0.2) is 29.2 Å². The van der Waals surface area contributed by atoms with Crippen LogP contribution in [0.4, 0.5) is 5.69 Å². The molecule has 1 aliphatic rings. The maximum absolute atomic E-state index is 11.2. The molecule has 0 saturated carbocycles. The van der Waals surface area contributed by atoms with Crippen molar-refractivity contribution in [3.63, 3.8) is 0 Å². The van der Waals surface area contributed by atoms with E-state index in [1.165, 1.54) is 16.8 Å². The monoisotopic (exact) mass is 482 g/mol. The number of aliphatic carboxylic acids is 1. The van der Waals surface area contributed by atoms with Crippen molar-refractivity contribution < 1.29 is 19.1 Å². The number of nitrogens with zero attached hydrogens (tertiary/aromatic N) is 2. The summed E-state index contributed by atoms with van der Waals surface area (Å²) in [5.74, 6) is 1.53. The molecule has 6 heteroatoms. The van der Waals surface area contributed by atoms with Crippen molar-refractivity contribution in [1.82, 2.24) is 4.98 Å². The first-order valence-corrected chi connectivity index (χ1v) is 12.4. The molecule has 1 aromatic heterocycles. The number of benzene rings is 3. The second-order valence-electron chi connectivity index (χ2n) is 9.07. The Morgan fingerprint density at radius 1 is 1.00 bits per heavy atom. The van der Waals surface area contributed by atoms with Crippen LogP contribution in [0.25, 0.3) is 11.5 Å². The summed E-state index contributed by atoms with van der Waals surface area (Å²) in [6.45, 7) is 4.06. The molecule has 3 aromatic carbocycles. The lowest BCUT2D eigenvalue weighted by Crippen LogP contribution is -2.31. The fraction of sp³-hybridized carbons (Fsp3) is 0.267. The third-order valence-corrected chi connectivity index (χ3v) is 6.71. The average Bonchev–Trinajstić information content (AvgIpc) is 3.29. The van der Waals surface area contributed by atoms with Crippen molar-refractivity contribution >= 4 is 11.7 Å². The van der Waals surface area contributed by atoms with Crippen LogP contribution in [0.3, 0.4) is 0 Å². The summed E-state index contributed by atoms with van der Waals surface area (Å²) in [7, 11) is 0. The van der Waals surface area contributed by atoms with Gasteiger partial charge in [0.1, 0.15) is 11.5 Å². The molecule has 184 valence electrons.